The lowest BCUT2D eigenvalue weighted by molar-refractivity contribution is 1.11. The Morgan fingerprint density at radius 3 is 2.50 bits per heavy atom. The number of nitrogens with zero attached hydrogens (tertiary/aromatic N) is 2. The van der Waals surface area contributed by atoms with Crippen LogP contribution in [0.5, 0.6) is 0 Å². The van der Waals surface area contributed by atoms with Crippen molar-refractivity contribution in [3.8, 4) is 11.3 Å². The number of nitrogens with one attached hydrogen (secondary N) is 1. The minimum absolute atomic E-state index is 0.424. The van der Waals surface area contributed by atoms with E-state index in [1.165, 1.54) is 4.90 Å². The molecule has 0 radical (unpaired) electrons. The van der Waals surface area contributed by atoms with E-state index in [-0.39, 0.29) is 0 Å². The fourth-order valence-electron chi connectivity index (χ4n) is 1.57. The molecule has 2 aromatic rings. The van der Waals surface area contributed by atoms with Gasteiger partial charge in [-0.25, -0.2) is 15.8 Å². The molecular weight excluding hydrogens is 244 g/mol. The third kappa shape index (κ3) is 3.21. The Hall–Kier alpha value is -1.59. The van der Waals surface area contributed by atoms with Gasteiger partial charge in [-0.2, -0.15) is 0 Å². The van der Waals surface area contributed by atoms with Gasteiger partial charge in [0.2, 0.25) is 5.95 Å². The van der Waals surface area contributed by atoms with Gasteiger partial charge in [0.1, 0.15) is 0 Å². The Bertz CT molecular complexity index is 511. The summed E-state index contributed by atoms with van der Waals surface area (Å²) in [5.41, 5.74) is 4.37. The topological polar surface area (TPSA) is 63.8 Å². The minimum atomic E-state index is 0.424. The van der Waals surface area contributed by atoms with Crippen LogP contribution in [0.3, 0.4) is 0 Å². The molecule has 4 nitrogen and oxygen atoms in total. The molecule has 1 heterocycles. The maximum atomic E-state index is 5.30. The van der Waals surface area contributed by atoms with Crippen molar-refractivity contribution in [1.82, 2.24) is 9.97 Å². The van der Waals surface area contributed by atoms with E-state index in [9.17, 15) is 0 Å². The zero-order valence-corrected chi connectivity index (χ0v) is 11.2. The Kier molecular flexibility index (Phi) is 4.17. The summed E-state index contributed by atoms with van der Waals surface area (Å²) in [5, 5.41) is 0.586. The number of hydrogen-bond donors (Lipinski definition) is 2. The molecule has 0 spiro atoms. The number of thioether (sulfide) groups is 1. The fourth-order valence-corrected chi connectivity index (χ4v) is 2.40. The smallest absolute Gasteiger partial charge is 0.237 e. The molecule has 0 saturated heterocycles. The summed E-state index contributed by atoms with van der Waals surface area (Å²) in [4.78, 5) is 9.55. The van der Waals surface area contributed by atoms with Crippen molar-refractivity contribution in [2.45, 2.75) is 24.0 Å². The Balaban J connectivity index is 2.22. The first-order valence-electron chi connectivity index (χ1n) is 5.76. The Morgan fingerprint density at radius 1 is 1.17 bits per heavy atom. The molecule has 94 valence electrons. The van der Waals surface area contributed by atoms with E-state index in [1.54, 1.807) is 6.20 Å². The van der Waals surface area contributed by atoms with Gasteiger partial charge >= 0.3 is 0 Å². The molecule has 0 fully saturated rings. The van der Waals surface area contributed by atoms with Gasteiger partial charge in [0.05, 0.1) is 5.69 Å². The summed E-state index contributed by atoms with van der Waals surface area (Å²) in [6, 6.07) is 10.2. The molecule has 0 amide bonds. The number of aromatic nitrogens is 2. The van der Waals surface area contributed by atoms with E-state index in [4.69, 9.17) is 5.84 Å². The van der Waals surface area contributed by atoms with Crippen LogP contribution in [0.4, 0.5) is 5.95 Å². The lowest BCUT2D eigenvalue weighted by atomic mass is 10.1. The van der Waals surface area contributed by atoms with Gasteiger partial charge in [0.15, 0.2) is 0 Å². The first-order valence-corrected chi connectivity index (χ1v) is 6.64. The number of hydrazine groups is 1. The third-order valence-electron chi connectivity index (χ3n) is 2.31. The number of nitrogen functional groups attached to an aromatic ring is 1. The second-order valence-corrected chi connectivity index (χ2v) is 5.75. The standard InChI is InChI=1S/C13H16N4S/c1-9(2)18-11-5-3-10(4-6-11)12-7-8-15-13(16-12)17-14/h3-9H,14H2,1-2H3,(H,15,16,17). The highest BCUT2D eigenvalue weighted by atomic mass is 32.2. The Morgan fingerprint density at radius 2 is 1.89 bits per heavy atom. The SMILES string of the molecule is CC(C)Sc1ccc(-c2ccnc(NN)n2)cc1. The first kappa shape index (κ1) is 12.9. The summed E-state index contributed by atoms with van der Waals surface area (Å²) in [7, 11) is 0. The van der Waals surface area contributed by atoms with E-state index < -0.39 is 0 Å². The molecule has 0 unspecified atom stereocenters. The van der Waals surface area contributed by atoms with Gasteiger partial charge < -0.3 is 0 Å². The van der Waals surface area contributed by atoms with E-state index in [1.807, 2.05) is 17.8 Å². The van der Waals surface area contributed by atoms with Crippen LogP contribution in [0.25, 0.3) is 11.3 Å². The van der Waals surface area contributed by atoms with Crippen molar-refractivity contribution in [2.24, 2.45) is 5.84 Å². The molecule has 0 atom stereocenters. The first-order chi connectivity index (χ1) is 8.69. The van der Waals surface area contributed by atoms with Gasteiger partial charge in [0.25, 0.3) is 0 Å². The van der Waals surface area contributed by atoms with Crippen molar-refractivity contribution in [3.05, 3.63) is 36.5 Å². The average Bonchev–Trinajstić information content (AvgIpc) is 2.39. The van der Waals surface area contributed by atoms with Gasteiger partial charge in [-0.3, -0.25) is 5.43 Å². The fraction of sp³-hybridized carbons (Fsp3) is 0.231. The van der Waals surface area contributed by atoms with Gasteiger partial charge in [-0.1, -0.05) is 26.0 Å². The molecule has 1 aromatic carbocycles. The van der Waals surface area contributed by atoms with Crippen molar-refractivity contribution < 1.29 is 0 Å². The Labute approximate surface area is 111 Å². The van der Waals surface area contributed by atoms with Gasteiger partial charge in [-0.05, 0) is 18.2 Å². The van der Waals surface area contributed by atoms with Crippen molar-refractivity contribution >= 4 is 17.7 Å². The van der Waals surface area contributed by atoms with Crippen molar-refractivity contribution in [1.29, 1.82) is 0 Å². The summed E-state index contributed by atoms with van der Waals surface area (Å²) in [5.74, 6) is 5.72. The number of hydrogen-bond acceptors (Lipinski definition) is 5. The van der Waals surface area contributed by atoms with Crippen LogP contribution in [0.15, 0.2) is 41.4 Å². The predicted molar refractivity (Wildman–Crippen MR) is 76.3 cm³/mol. The molecule has 2 rings (SSSR count). The van der Waals surface area contributed by atoms with E-state index in [0.29, 0.717) is 11.2 Å². The average molecular weight is 260 g/mol. The maximum Gasteiger partial charge on any atom is 0.237 e. The summed E-state index contributed by atoms with van der Waals surface area (Å²) >= 11 is 1.84. The van der Waals surface area contributed by atoms with Crippen LogP contribution in [-0.4, -0.2) is 15.2 Å². The summed E-state index contributed by atoms with van der Waals surface area (Å²) in [6.45, 7) is 4.37. The molecule has 0 aliphatic rings. The number of anilines is 1. The highest BCUT2D eigenvalue weighted by Crippen LogP contribution is 2.25. The zero-order valence-electron chi connectivity index (χ0n) is 10.4. The molecule has 0 saturated carbocycles. The highest BCUT2D eigenvalue weighted by Gasteiger charge is 2.03. The molecule has 1 aromatic heterocycles. The van der Waals surface area contributed by atoms with E-state index in [0.717, 1.165) is 11.3 Å². The van der Waals surface area contributed by atoms with Crippen LogP contribution in [0, 0.1) is 0 Å². The van der Waals surface area contributed by atoms with Crippen LogP contribution in [-0.2, 0) is 0 Å². The number of benzene rings is 1. The van der Waals surface area contributed by atoms with E-state index >= 15 is 0 Å². The number of rotatable bonds is 4. The zero-order chi connectivity index (χ0) is 13.0. The lowest BCUT2D eigenvalue weighted by Gasteiger charge is -2.06. The predicted octanol–water partition coefficient (Wildman–Crippen LogP) is 2.93. The third-order valence-corrected chi connectivity index (χ3v) is 3.32. The van der Waals surface area contributed by atoms with Crippen molar-refractivity contribution in [2.75, 3.05) is 5.43 Å². The highest BCUT2D eigenvalue weighted by molar-refractivity contribution is 7.99. The molecule has 18 heavy (non-hydrogen) atoms. The van der Waals surface area contributed by atoms with Crippen LogP contribution < -0.4 is 11.3 Å². The van der Waals surface area contributed by atoms with Gasteiger partial charge in [-0.15, -0.1) is 11.8 Å². The van der Waals surface area contributed by atoms with Crippen LogP contribution in [0.1, 0.15) is 13.8 Å². The molecular formula is C13H16N4S. The lowest BCUT2D eigenvalue weighted by Crippen LogP contribution is -2.10. The maximum absolute atomic E-state index is 5.30. The van der Waals surface area contributed by atoms with Crippen LogP contribution >= 0.6 is 11.8 Å². The summed E-state index contributed by atoms with van der Waals surface area (Å²) in [6.07, 6.45) is 1.69. The molecule has 0 aliphatic carbocycles. The monoisotopic (exact) mass is 260 g/mol. The number of nitrogens with two attached hydrogens (primary N) is 1. The van der Waals surface area contributed by atoms with Crippen LogP contribution in [0.2, 0.25) is 0 Å². The normalized spacial score (nSPS) is 10.7. The summed E-state index contributed by atoms with van der Waals surface area (Å²) < 4.78 is 0. The molecule has 5 heteroatoms. The van der Waals surface area contributed by atoms with Crippen molar-refractivity contribution in [3.63, 3.8) is 0 Å². The second-order valence-electron chi connectivity index (χ2n) is 4.10. The second kappa shape index (κ2) is 5.84. The molecule has 0 bridgehead atoms. The van der Waals surface area contributed by atoms with E-state index in [2.05, 4.69) is 53.5 Å². The quantitative estimate of drug-likeness (QED) is 0.503. The largest absolute Gasteiger partial charge is 0.292 e. The van der Waals surface area contributed by atoms with Gasteiger partial charge in [0, 0.05) is 21.9 Å². The molecule has 0 aliphatic heterocycles. The minimum Gasteiger partial charge on any atom is -0.292 e. The molecule has 3 N–H and O–H groups in total.